The number of carbonyl (C=O) groups is 1. The molecule has 0 saturated carbocycles. The second-order valence-corrected chi connectivity index (χ2v) is 4.20. The summed E-state index contributed by atoms with van der Waals surface area (Å²) >= 11 is 0. The zero-order valence-corrected chi connectivity index (χ0v) is 9.64. The number of fused-ring (bicyclic) bond motifs is 1. The minimum Gasteiger partial charge on any atom is -0.367 e. The second-order valence-electron chi connectivity index (χ2n) is 4.20. The Kier molecular flexibility index (Phi) is 2.29. The summed E-state index contributed by atoms with van der Waals surface area (Å²) in [5.41, 5.74) is 2.00. The quantitative estimate of drug-likeness (QED) is 0.847. The van der Waals surface area contributed by atoms with Crippen molar-refractivity contribution in [2.24, 2.45) is 7.05 Å². The van der Waals surface area contributed by atoms with Crippen LogP contribution < -0.4 is 10.6 Å². The van der Waals surface area contributed by atoms with Gasteiger partial charge in [0.1, 0.15) is 11.9 Å². The molecular formula is C12H11FN4O. The highest BCUT2D eigenvalue weighted by atomic mass is 19.1. The van der Waals surface area contributed by atoms with E-state index in [-0.39, 0.29) is 11.7 Å². The Hall–Kier alpha value is -2.37. The Morgan fingerprint density at radius 2 is 2.33 bits per heavy atom. The minimum absolute atomic E-state index is 0.195. The van der Waals surface area contributed by atoms with Crippen molar-refractivity contribution in [1.82, 2.24) is 9.78 Å². The normalized spacial score (nSPS) is 17.4. The van der Waals surface area contributed by atoms with E-state index >= 15 is 0 Å². The van der Waals surface area contributed by atoms with Crippen molar-refractivity contribution in [3.05, 3.63) is 42.0 Å². The highest BCUT2D eigenvalue weighted by Crippen LogP contribution is 2.33. The number of carbonyl (C=O) groups excluding carboxylic acids is 1. The van der Waals surface area contributed by atoms with E-state index < -0.39 is 6.04 Å². The molecule has 0 radical (unpaired) electrons. The highest BCUT2D eigenvalue weighted by molar-refractivity contribution is 6.04. The predicted octanol–water partition coefficient (Wildman–Crippen LogP) is 1.66. The summed E-state index contributed by atoms with van der Waals surface area (Å²) in [4.78, 5) is 11.8. The molecule has 2 aromatic rings. The average Bonchev–Trinajstić information content (AvgIpc) is 2.84. The fourth-order valence-corrected chi connectivity index (χ4v) is 2.04. The summed E-state index contributed by atoms with van der Waals surface area (Å²) < 4.78 is 14.7. The topological polar surface area (TPSA) is 59.0 Å². The molecule has 92 valence electrons. The fraction of sp³-hybridized carbons (Fsp3) is 0.167. The fourth-order valence-electron chi connectivity index (χ4n) is 2.04. The van der Waals surface area contributed by atoms with Gasteiger partial charge in [-0.2, -0.15) is 5.10 Å². The molecule has 2 N–H and O–H groups in total. The lowest BCUT2D eigenvalue weighted by molar-refractivity contribution is -0.116. The van der Waals surface area contributed by atoms with Crippen LogP contribution in [0, 0.1) is 5.82 Å². The monoisotopic (exact) mass is 246 g/mol. The number of benzene rings is 1. The summed E-state index contributed by atoms with van der Waals surface area (Å²) in [5, 5.41) is 9.73. The lowest BCUT2D eigenvalue weighted by Gasteiger charge is -2.10. The molecule has 1 aliphatic rings. The van der Waals surface area contributed by atoms with E-state index in [0.29, 0.717) is 5.69 Å². The molecule has 1 unspecified atom stereocenters. The van der Waals surface area contributed by atoms with Crippen LogP contribution in [0.15, 0.2) is 30.6 Å². The lowest BCUT2D eigenvalue weighted by Crippen LogP contribution is -2.19. The predicted molar refractivity (Wildman–Crippen MR) is 64.6 cm³/mol. The van der Waals surface area contributed by atoms with Crippen LogP contribution in [0.25, 0.3) is 0 Å². The lowest BCUT2D eigenvalue weighted by atomic mass is 10.1. The molecule has 1 aromatic heterocycles. The number of nitrogens with zero attached hydrogens (tertiary/aromatic N) is 2. The van der Waals surface area contributed by atoms with Crippen LogP contribution in [0.2, 0.25) is 0 Å². The van der Waals surface area contributed by atoms with Crippen LogP contribution in [-0.2, 0) is 11.8 Å². The first-order chi connectivity index (χ1) is 8.63. The Balaban J connectivity index is 1.92. The smallest absolute Gasteiger partial charge is 0.251 e. The van der Waals surface area contributed by atoms with Gasteiger partial charge >= 0.3 is 0 Å². The van der Waals surface area contributed by atoms with Gasteiger partial charge in [0.05, 0.1) is 11.9 Å². The van der Waals surface area contributed by atoms with Crippen LogP contribution in [0.1, 0.15) is 11.6 Å². The summed E-state index contributed by atoms with van der Waals surface area (Å²) in [6.07, 6.45) is 3.41. The van der Waals surface area contributed by atoms with E-state index in [4.69, 9.17) is 0 Å². The number of nitrogens with one attached hydrogen (secondary N) is 2. The van der Waals surface area contributed by atoms with E-state index in [1.807, 2.05) is 0 Å². The Bertz CT molecular complexity index is 622. The largest absolute Gasteiger partial charge is 0.367 e. The maximum absolute atomic E-state index is 13.1. The number of hydrogen-bond acceptors (Lipinski definition) is 3. The number of amides is 1. The summed E-state index contributed by atoms with van der Waals surface area (Å²) in [6, 6.07) is 3.76. The van der Waals surface area contributed by atoms with Crippen LogP contribution in [-0.4, -0.2) is 15.7 Å². The number of halogens is 1. The van der Waals surface area contributed by atoms with E-state index in [0.717, 1.165) is 11.3 Å². The van der Waals surface area contributed by atoms with Gasteiger partial charge in [-0.25, -0.2) is 4.39 Å². The van der Waals surface area contributed by atoms with Gasteiger partial charge in [-0.3, -0.25) is 9.48 Å². The number of rotatable bonds is 2. The summed E-state index contributed by atoms with van der Waals surface area (Å²) in [5.74, 6) is -0.560. The van der Waals surface area contributed by atoms with Crippen molar-refractivity contribution < 1.29 is 9.18 Å². The van der Waals surface area contributed by atoms with E-state index in [2.05, 4.69) is 15.7 Å². The molecule has 0 spiro atoms. The van der Waals surface area contributed by atoms with E-state index in [1.165, 1.54) is 12.1 Å². The van der Waals surface area contributed by atoms with Crippen LogP contribution in [0.3, 0.4) is 0 Å². The van der Waals surface area contributed by atoms with Crippen molar-refractivity contribution in [1.29, 1.82) is 0 Å². The molecule has 0 aliphatic carbocycles. The van der Waals surface area contributed by atoms with Crippen molar-refractivity contribution in [2.75, 3.05) is 10.6 Å². The van der Waals surface area contributed by atoms with Gasteiger partial charge < -0.3 is 10.6 Å². The van der Waals surface area contributed by atoms with Crippen molar-refractivity contribution in [3.8, 4) is 0 Å². The molecule has 6 heteroatoms. The van der Waals surface area contributed by atoms with Gasteiger partial charge in [0.25, 0.3) is 5.91 Å². The van der Waals surface area contributed by atoms with Crippen molar-refractivity contribution >= 4 is 17.3 Å². The molecule has 5 nitrogen and oxygen atoms in total. The SMILES string of the molecule is Cn1cc(NC2C(=O)Nc3cc(F)ccc32)cn1. The molecule has 0 saturated heterocycles. The number of hydrogen-bond donors (Lipinski definition) is 2. The maximum atomic E-state index is 13.1. The Labute approximate surface area is 103 Å². The first-order valence-electron chi connectivity index (χ1n) is 5.49. The standard InChI is InChI=1S/C12H11FN4O/c1-17-6-8(5-14-17)15-11-9-3-2-7(13)4-10(9)16-12(11)18/h2-6,11,15H,1H3,(H,16,18). The average molecular weight is 246 g/mol. The third-order valence-electron chi connectivity index (χ3n) is 2.86. The van der Waals surface area contributed by atoms with Gasteiger partial charge in [-0.05, 0) is 12.1 Å². The summed E-state index contributed by atoms with van der Waals surface area (Å²) in [7, 11) is 1.79. The zero-order chi connectivity index (χ0) is 12.7. The molecule has 2 heterocycles. The van der Waals surface area contributed by atoms with Gasteiger partial charge in [0, 0.05) is 24.5 Å². The summed E-state index contributed by atoms with van der Waals surface area (Å²) in [6.45, 7) is 0. The molecule has 0 fully saturated rings. The van der Waals surface area contributed by atoms with Gasteiger partial charge in [-0.1, -0.05) is 6.07 Å². The first kappa shape index (κ1) is 10.8. The Morgan fingerprint density at radius 3 is 3.06 bits per heavy atom. The molecular weight excluding hydrogens is 235 g/mol. The number of anilines is 2. The van der Waals surface area contributed by atoms with Crippen molar-refractivity contribution in [3.63, 3.8) is 0 Å². The maximum Gasteiger partial charge on any atom is 0.251 e. The number of aryl methyl sites for hydroxylation is 1. The Morgan fingerprint density at radius 1 is 1.50 bits per heavy atom. The van der Waals surface area contributed by atoms with E-state index in [1.54, 1.807) is 30.2 Å². The minimum atomic E-state index is -0.509. The molecule has 0 bridgehead atoms. The molecule has 1 amide bonds. The van der Waals surface area contributed by atoms with Gasteiger partial charge in [0.2, 0.25) is 0 Å². The highest BCUT2D eigenvalue weighted by Gasteiger charge is 2.30. The van der Waals surface area contributed by atoms with E-state index in [9.17, 15) is 9.18 Å². The van der Waals surface area contributed by atoms with Crippen LogP contribution in [0.4, 0.5) is 15.8 Å². The first-order valence-corrected chi connectivity index (χ1v) is 5.49. The molecule has 1 aliphatic heterocycles. The second kappa shape index (κ2) is 3.83. The van der Waals surface area contributed by atoms with Crippen LogP contribution >= 0.6 is 0 Å². The third kappa shape index (κ3) is 1.71. The van der Waals surface area contributed by atoms with Gasteiger partial charge in [0.15, 0.2) is 0 Å². The third-order valence-corrected chi connectivity index (χ3v) is 2.86. The molecule has 3 rings (SSSR count). The van der Waals surface area contributed by atoms with Crippen LogP contribution in [0.5, 0.6) is 0 Å². The van der Waals surface area contributed by atoms with Gasteiger partial charge in [-0.15, -0.1) is 0 Å². The molecule has 1 atom stereocenters. The van der Waals surface area contributed by atoms with Crippen molar-refractivity contribution in [2.45, 2.75) is 6.04 Å². The zero-order valence-electron chi connectivity index (χ0n) is 9.64. The number of aromatic nitrogens is 2. The molecule has 1 aromatic carbocycles. The molecule has 18 heavy (non-hydrogen) atoms.